The third-order valence-electron chi connectivity index (χ3n) is 3.22. The predicted molar refractivity (Wildman–Crippen MR) is 74.8 cm³/mol. The van der Waals surface area contributed by atoms with E-state index < -0.39 is 0 Å². The van der Waals surface area contributed by atoms with Crippen LogP contribution in [0.3, 0.4) is 0 Å². The summed E-state index contributed by atoms with van der Waals surface area (Å²) in [5.74, 6) is -0.232. The SMILES string of the molecule is O=C1O[C@H](C=Cc2ccccc2)Cc2ccccc21. The van der Waals surface area contributed by atoms with Gasteiger partial charge >= 0.3 is 5.97 Å². The number of rotatable bonds is 2. The van der Waals surface area contributed by atoms with E-state index in [0.717, 1.165) is 17.5 Å². The highest BCUT2D eigenvalue weighted by atomic mass is 16.5. The zero-order chi connectivity index (χ0) is 13.1. The van der Waals surface area contributed by atoms with Crippen molar-refractivity contribution in [2.45, 2.75) is 12.5 Å². The second-order valence-corrected chi connectivity index (χ2v) is 4.57. The summed E-state index contributed by atoms with van der Waals surface area (Å²) < 4.78 is 5.41. The molecule has 2 nitrogen and oxygen atoms in total. The monoisotopic (exact) mass is 250 g/mol. The van der Waals surface area contributed by atoms with Crippen LogP contribution in [0.2, 0.25) is 0 Å². The first kappa shape index (κ1) is 11.7. The number of hydrogen-bond donors (Lipinski definition) is 0. The minimum absolute atomic E-state index is 0.178. The Hall–Kier alpha value is -2.35. The molecule has 3 rings (SSSR count). The Balaban J connectivity index is 1.79. The Kier molecular flexibility index (Phi) is 3.15. The van der Waals surface area contributed by atoms with Crippen molar-refractivity contribution < 1.29 is 9.53 Å². The summed E-state index contributed by atoms with van der Waals surface area (Å²) in [6.45, 7) is 0. The molecule has 19 heavy (non-hydrogen) atoms. The van der Waals surface area contributed by atoms with Crippen LogP contribution in [-0.2, 0) is 11.2 Å². The average molecular weight is 250 g/mol. The molecule has 0 aliphatic carbocycles. The number of carbonyl (C=O) groups is 1. The van der Waals surface area contributed by atoms with Crippen LogP contribution in [0.1, 0.15) is 21.5 Å². The van der Waals surface area contributed by atoms with Gasteiger partial charge in [-0.1, -0.05) is 54.6 Å². The number of esters is 1. The van der Waals surface area contributed by atoms with Crippen LogP contribution in [0.4, 0.5) is 0 Å². The van der Waals surface area contributed by atoms with Crippen LogP contribution in [0, 0.1) is 0 Å². The molecule has 0 saturated carbocycles. The lowest BCUT2D eigenvalue weighted by Gasteiger charge is -2.22. The molecule has 0 bridgehead atoms. The summed E-state index contributed by atoms with van der Waals surface area (Å²) in [6, 6.07) is 17.6. The maximum Gasteiger partial charge on any atom is 0.339 e. The Labute approximate surface area is 112 Å². The quantitative estimate of drug-likeness (QED) is 0.763. The van der Waals surface area contributed by atoms with Gasteiger partial charge in [0.1, 0.15) is 6.10 Å². The van der Waals surface area contributed by atoms with E-state index in [0.29, 0.717) is 5.56 Å². The van der Waals surface area contributed by atoms with Crippen LogP contribution in [0.15, 0.2) is 60.7 Å². The van der Waals surface area contributed by atoms with Gasteiger partial charge in [0, 0.05) is 6.42 Å². The van der Waals surface area contributed by atoms with Crippen molar-refractivity contribution >= 4 is 12.0 Å². The lowest BCUT2D eigenvalue weighted by Crippen LogP contribution is -2.25. The molecule has 2 aromatic carbocycles. The molecular formula is C17H14O2. The fourth-order valence-electron chi connectivity index (χ4n) is 2.25. The number of ether oxygens (including phenoxy) is 1. The lowest BCUT2D eigenvalue weighted by atomic mass is 9.98. The van der Waals surface area contributed by atoms with Gasteiger partial charge < -0.3 is 4.74 Å². The first-order valence-corrected chi connectivity index (χ1v) is 6.35. The van der Waals surface area contributed by atoms with E-state index >= 15 is 0 Å². The third-order valence-corrected chi connectivity index (χ3v) is 3.22. The Morgan fingerprint density at radius 3 is 2.58 bits per heavy atom. The largest absolute Gasteiger partial charge is 0.454 e. The van der Waals surface area contributed by atoms with Gasteiger partial charge in [-0.2, -0.15) is 0 Å². The smallest absolute Gasteiger partial charge is 0.339 e. The van der Waals surface area contributed by atoms with Gasteiger partial charge in [-0.15, -0.1) is 0 Å². The average Bonchev–Trinajstić information content (AvgIpc) is 2.46. The van der Waals surface area contributed by atoms with E-state index in [1.54, 1.807) is 0 Å². The molecule has 94 valence electrons. The summed E-state index contributed by atoms with van der Waals surface area (Å²) in [5, 5.41) is 0. The van der Waals surface area contributed by atoms with Crippen molar-refractivity contribution in [3.63, 3.8) is 0 Å². The molecule has 0 amide bonds. The van der Waals surface area contributed by atoms with Crippen molar-refractivity contribution in [3.05, 3.63) is 77.4 Å². The standard InChI is InChI=1S/C17H14O2/c18-17-16-9-5-4-8-14(16)12-15(19-17)11-10-13-6-2-1-3-7-13/h1-11,15H,12H2/t15-/m1/s1. The van der Waals surface area contributed by atoms with Gasteiger partial charge in [-0.25, -0.2) is 4.79 Å². The van der Waals surface area contributed by atoms with E-state index in [1.165, 1.54) is 0 Å². The van der Waals surface area contributed by atoms with E-state index in [4.69, 9.17) is 4.74 Å². The summed E-state index contributed by atoms with van der Waals surface area (Å²) in [6.07, 6.45) is 4.50. The fraction of sp³-hybridized carbons (Fsp3) is 0.118. The van der Waals surface area contributed by atoms with Crippen LogP contribution in [0.25, 0.3) is 6.08 Å². The zero-order valence-corrected chi connectivity index (χ0v) is 10.5. The number of benzene rings is 2. The van der Waals surface area contributed by atoms with Crippen molar-refractivity contribution in [3.8, 4) is 0 Å². The van der Waals surface area contributed by atoms with Gasteiger partial charge in [0.05, 0.1) is 5.56 Å². The first-order valence-electron chi connectivity index (χ1n) is 6.35. The van der Waals surface area contributed by atoms with E-state index in [-0.39, 0.29) is 12.1 Å². The molecule has 0 spiro atoms. The van der Waals surface area contributed by atoms with Gasteiger partial charge in [-0.3, -0.25) is 0 Å². The van der Waals surface area contributed by atoms with Crippen LogP contribution >= 0.6 is 0 Å². The van der Waals surface area contributed by atoms with E-state index in [9.17, 15) is 4.79 Å². The van der Waals surface area contributed by atoms with Gasteiger partial charge in [0.25, 0.3) is 0 Å². The molecular weight excluding hydrogens is 236 g/mol. The Morgan fingerprint density at radius 1 is 1.00 bits per heavy atom. The summed E-state index contributed by atoms with van der Waals surface area (Å²) >= 11 is 0. The normalized spacial score (nSPS) is 18.1. The maximum atomic E-state index is 11.9. The molecule has 0 unspecified atom stereocenters. The van der Waals surface area contributed by atoms with Gasteiger partial charge in [0.2, 0.25) is 0 Å². The van der Waals surface area contributed by atoms with Crippen molar-refractivity contribution in [2.75, 3.05) is 0 Å². The molecule has 2 aromatic rings. The number of carbonyl (C=O) groups excluding carboxylic acids is 1. The van der Waals surface area contributed by atoms with Crippen LogP contribution in [0.5, 0.6) is 0 Å². The number of hydrogen-bond acceptors (Lipinski definition) is 2. The molecule has 0 fully saturated rings. The van der Waals surface area contributed by atoms with Crippen LogP contribution < -0.4 is 0 Å². The second kappa shape index (κ2) is 5.11. The summed E-state index contributed by atoms with van der Waals surface area (Å²) in [7, 11) is 0. The second-order valence-electron chi connectivity index (χ2n) is 4.57. The molecule has 0 saturated heterocycles. The maximum absolute atomic E-state index is 11.9. The van der Waals surface area contributed by atoms with Crippen LogP contribution in [-0.4, -0.2) is 12.1 Å². The molecule has 0 N–H and O–H groups in total. The van der Waals surface area contributed by atoms with E-state index in [1.807, 2.05) is 66.7 Å². The molecule has 1 aliphatic rings. The highest BCUT2D eigenvalue weighted by Crippen LogP contribution is 2.21. The van der Waals surface area contributed by atoms with Gasteiger partial charge in [0.15, 0.2) is 0 Å². The first-order chi connectivity index (χ1) is 9.33. The van der Waals surface area contributed by atoms with E-state index in [2.05, 4.69) is 0 Å². The highest BCUT2D eigenvalue weighted by Gasteiger charge is 2.23. The molecule has 0 aromatic heterocycles. The Morgan fingerprint density at radius 2 is 1.74 bits per heavy atom. The molecule has 1 aliphatic heterocycles. The molecule has 1 heterocycles. The fourth-order valence-corrected chi connectivity index (χ4v) is 2.25. The topological polar surface area (TPSA) is 26.3 Å². The molecule has 1 atom stereocenters. The highest BCUT2D eigenvalue weighted by molar-refractivity contribution is 5.92. The number of fused-ring (bicyclic) bond motifs is 1. The minimum atomic E-state index is -0.232. The minimum Gasteiger partial charge on any atom is -0.454 e. The predicted octanol–water partition coefficient (Wildman–Crippen LogP) is 3.48. The van der Waals surface area contributed by atoms with Gasteiger partial charge in [-0.05, 0) is 23.3 Å². The molecule has 2 heteroatoms. The zero-order valence-electron chi connectivity index (χ0n) is 10.5. The van der Waals surface area contributed by atoms with Crippen molar-refractivity contribution in [1.29, 1.82) is 0 Å². The Bertz CT molecular complexity index is 614. The lowest BCUT2D eigenvalue weighted by molar-refractivity contribution is 0.0359. The van der Waals surface area contributed by atoms with Crippen molar-refractivity contribution in [1.82, 2.24) is 0 Å². The molecule has 0 radical (unpaired) electrons. The van der Waals surface area contributed by atoms with Crippen molar-refractivity contribution in [2.24, 2.45) is 0 Å². The summed E-state index contributed by atoms with van der Waals surface area (Å²) in [4.78, 5) is 11.9. The number of cyclic esters (lactones) is 1. The summed E-state index contributed by atoms with van der Waals surface area (Å²) in [5.41, 5.74) is 2.85. The third kappa shape index (κ3) is 2.58.